The number of carbonyl (C=O) groups is 1. The standard InChI is InChI=1S/C19H22N4OS/c20-19(25)16-8-4-5-9-17(16)21-18(24)14-22-10-12-23(13-11-22)15-6-2-1-3-7-15/h1-9H,10-14H2,(H2,20,25)(H,21,24). The van der Waals surface area contributed by atoms with Crippen LogP contribution in [0.2, 0.25) is 0 Å². The molecular formula is C19H22N4OS. The second kappa shape index (κ2) is 8.09. The fourth-order valence-electron chi connectivity index (χ4n) is 3.00. The van der Waals surface area contributed by atoms with Crippen LogP contribution in [0.25, 0.3) is 0 Å². The molecule has 0 aromatic heterocycles. The van der Waals surface area contributed by atoms with Gasteiger partial charge in [0.25, 0.3) is 0 Å². The first-order chi connectivity index (χ1) is 12.1. The molecule has 1 amide bonds. The smallest absolute Gasteiger partial charge is 0.238 e. The summed E-state index contributed by atoms with van der Waals surface area (Å²) in [6, 6.07) is 17.7. The van der Waals surface area contributed by atoms with Crippen LogP contribution in [0.15, 0.2) is 54.6 Å². The number of carbonyl (C=O) groups excluding carboxylic acids is 1. The van der Waals surface area contributed by atoms with Gasteiger partial charge in [-0.25, -0.2) is 0 Å². The zero-order valence-electron chi connectivity index (χ0n) is 14.0. The summed E-state index contributed by atoms with van der Waals surface area (Å²) in [4.78, 5) is 17.1. The van der Waals surface area contributed by atoms with Gasteiger partial charge < -0.3 is 16.0 Å². The monoisotopic (exact) mass is 354 g/mol. The molecule has 3 N–H and O–H groups in total. The Morgan fingerprint density at radius 1 is 1.00 bits per heavy atom. The second-order valence-corrected chi connectivity index (χ2v) is 6.50. The Labute approximate surface area is 153 Å². The van der Waals surface area contributed by atoms with E-state index in [-0.39, 0.29) is 10.9 Å². The maximum atomic E-state index is 12.4. The van der Waals surface area contributed by atoms with Crippen LogP contribution in [0.5, 0.6) is 0 Å². The molecule has 1 saturated heterocycles. The van der Waals surface area contributed by atoms with Crippen molar-refractivity contribution in [3.63, 3.8) is 0 Å². The maximum absolute atomic E-state index is 12.4. The van der Waals surface area contributed by atoms with Gasteiger partial charge in [-0.3, -0.25) is 9.69 Å². The van der Waals surface area contributed by atoms with Crippen LogP contribution in [-0.2, 0) is 4.79 Å². The number of thiocarbonyl (C=S) groups is 1. The molecule has 0 radical (unpaired) electrons. The third-order valence-electron chi connectivity index (χ3n) is 4.33. The molecule has 1 heterocycles. The van der Waals surface area contributed by atoms with Crippen molar-refractivity contribution in [1.29, 1.82) is 0 Å². The molecule has 0 bridgehead atoms. The van der Waals surface area contributed by atoms with Crippen molar-refractivity contribution in [3.05, 3.63) is 60.2 Å². The molecule has 0 spiro atoms. The number of amides is 1. The van der Waals surface area contributed by atoms with Crippen molar-refractivity contribution in [2.24, 2.45) is 5.73 Å². The van der Waals surface area contributed by atoms with Crippen LogP contribution in [0, 0.1) is 0 Å². The minimum absolute atomic E-state index is 0.0446. The summed E-state index contributed by atoms with van der Waals surface area (Å²) in [5, 5.41) is 2.92. The largest absolute Gasteiger partial charge is 0.389 e. The molecule has 2 aromatic carbocycles. The summed E-state index contributed by atoms with van der Waals surface area (Å²) >= 11 is 5.03. The summed E-state index contributed by atoms with van der Waals surface area (Å²) in [6.07, 6.45) is 0. The van der Waals surface area contributed by atoms with Gasteiger partial charge in [0.15, 0.2) is 0 Å². The fourth-order valence-corrected chi connectivity index (χ4v) is 3.18. The number of piperazine rings is 1. The summed E-state index contributed by atoms with van der Waals surface area (Å²) < 4.78 is 0. The Bertz CT molecular complexity index is 742. The number of nitrogens with one attached hydrogen (secondary N) is 1. The van der Waals surface area contributed by atoms with E-state index in [0.717, 1.165) is 26.2 Å². The van der Waals surface area contributed by atoms with Gasteiger partial charge >= 0.3 is 0 Å². The highest BCUT2D eigenvalue weighted by Gasteiger charge is 2.19. The molecule has 3 rings (SSSR count). The lowest BCUT2D eigenvalue weighted by Gasteiger charge is -2.35. The van der Waals surface area contributed by atoms with Crippen LogP contribution < -0.4 is 16.0 Å². The molecule has 0 unspecified atom stereocenters. The van der Waals surface area contributed by atoms with E-state index in [0.29, 0.717) is 17.8 Å². The molecule has 2 aromatic rings. The second-order valence-electron chi connectivity index (χ2n) is 6.06. The van der Waals surface area contributed by atoms with Crippen molar-refractivity contribution in [1.82, 2.24) is 4.90 Å². The number of benzene rings is 2. The molecule has 1 aliphatic heterocycles. The summed E-state index contributed by atoms with van der Waals surface area (Å²) in [5.41, 5.74) is 8.31. The first-order valence-corrected chi connectivity index (χ1v) is 8.75. The van der Waals surface area contributed by atoms with Crippen LogP contribution in [0.1, 0.15) is 5.56 Å². The number of para-hydroxylation sites is 2. The van der Waals surface area contributed by atoms with Crippen LogP contribution in [-0.4, -0.2) is 48.5 Å². The van der Waals surface area contributed by atoms with Gasteiger partial charge in [0.2, 0.25) is 5.91 Å². The van der Waals surface area contributed by atoms with Gasteiger partial charge in [-0.2, -0.15) is 0 Å². The minimum Gasteiger partial charge on any atom is -0.389 e. The highest BCUT2D eigenvalue weighted by Crippen LogP contribution is 2.17. The summed E-state index contributed by atoms with van der Waals surface area (Å²) in [5.74, 6) is -0.0446. The molecule has 0 aliphatic carbocycles. The Morgan fingerprint density at radius 3 is 2.32 bits per heavy atom. The SMILES string of the molecule is NC(=S)c1ccccc1NC(=O)CN1CCN(c2ccccc2)CC1. The van der Waals surface area contributed by atoms with Gasteiger partial charge in [0, 0.05) is 37.4 Å². The molecule has 6 heteroatoms. The third kappa shape index (κ3) is 4.55. The van der Waals surface area contributed by atoms with Crippen molar-refractivity contribution in [2.75, 3.05) is 42.9 Å². The summed E-state index contributed by atoms with van der Waals surface area (Å²) in [6.45, 7) is 3.92. The van der Waals surface area contributed by atoms with Crippen LogP contribution >= 0.6 is 12.2 Å². The van der Waals surface area contributed by atoms with E-state index in [1.165, 1.54) is 5.69 Å². The van der Waals surface area contributed by atoms with Crippen molar-refractivity contribution < 1.29 is 4.79 Å². The lowest BCUT2D eigenvalue weighted by Crippen LogP contribution is -2.48. The molecular weight excluding hydrogens is 332 g/mol. The van der Waals surface area contributed by atoms with E-state index in [1.54, 1.807) is 0 Å². The van der Waals surface area contributed by atoms with Crippen LogP contribution in [0.3, 0.4) is 0 Å². The van der Waals surface area contributed by atoms with E-state index >= 15 is 0 Å². The number of anilines is 2. The zero-order chi connectivity index (χ0) is 17.6. The maximum Gasteiger partial charge on any atom is 0.238 e. The number of rotatable bonds is 5. The predicted octanol–water partition coefficient (Wildman–Crippen LogP) is 2.08. The predicted molar refractivity (Wildman–Crippen MR) is 106 cm³/mol. The fraction of sp³-hybridized carbons (Fsp3) is 0.263. The first kappa shape index (κ1) is 17.4. The molecule has 25 heavy (non-hydrogen) atoms. The van der Waals surface area contributed by atoms with E-state index in [2.05, 4.69) is 39.4 Å². The van der Waals surface area contributed by atoms with Gasteiger partial charge in [0.05, 0.1) is 12.2 Å². The Hall–Kier alpha value is -2.44. The van der Waals surface area contributed by atoms with Crippen molar-refractivity contribution in [3.8, 4) is 0 Å². The number of hydrogen-bond acceptors (Lipinski definition) is 4. The average molecular weight is 354 g/mol. The molecule has 5 nitrogen and oxygen atoms in total. The van der Waals surface area contributed by atoms with Gasteiger partial charge in [-0.1, -0.05) is 42.5 Å². The number of nitrogens with zero attached hydrogens (tertiary/aromatic N) is 2. The van der Waals surface area contributed by atoms with Crippen molar-refractivity contribution in [2.45, 2.75) is 0 Å². The van der Waals surface area contributed by atoms with Crippen LogP contribution in [0.4, 0.5) is 11.4 Å². The highest BCUT2D eigenvalue weighted by atomic mass is 32.1. The zero-order valence-corrected chi connectivity index (χ0v) is 14.8. The lowest BCUT2D eigenvalue weighted by atomic mass is 10.1. The van der Waals surface area contributed by atoms with E-state index in [9.17, 15) is 4.79 Å². The van der Waals surface area contributed by atoms with Gasteiger partial charge in [0.1, 0.15) is 4.99 Å². The Balaban J connectivity index is 1.52. The quantitative estimate of drug-likeness (QED) is 0.805. The van der Waals surface area contributed by atoms with Gasteiger partial charge in [-0.15, -0.1) is 0 Å². The topological polar surface area (TPSA) is 61.6 Å². The van der Waals surface area contributed by atoms with E-state index in [1.807, 2.05) is 30.3 Å². The number of hydrogen-bond donors (Lipinski definition) is 2. The highest BCUT2D eigenvalue weighted by molar-refractivity contribution is 7.80. The Morgan fingerprint density at radius 2 is 1.64 bits per heavy atom. The molecule has 130 valence electrons. The molecule has 0 atom stereocenters. The Kier molecular flexibility index (Phi) is 5.63. The average Bonchev–Trinajstić information content (AvgIpc) is 2.63. The normalized spacial score (nSPS) is 15.0. The van der Waals surface area contributed by atoms with Crippen molar-refractivity contribution >= 4 is 34.5 Å². The van der Waals surface area contributed by atoms with Gasteiger partial charge in [-0.05, 0) is 24.3 Å². The third-order valence-corrected chi connectivity index (χ3v) is 4.55. The number of nitrogens with two attached hydrogens (primary N) is 1. The molecule has 1 aliphatic rings. The lowest BCUT2D eigenvalue weighted by molar-refractivity contribution is -0.117. The minimum atomic E-state index is -0.0446. The first-order valence-electron chi connectivity index (χ1n) is 8.34. The van der Waals surface area contributed by atoms with E-state index in [4.69, 9.17) is 18.0 Å². The van der Waals surface area contributed by atoms with E-state index < -0.39 is 0 Å². The molecule has 1 fully saturated rings. The molecule has 0 saturated carbocycles. The summed E-state index contributed by atoms with van der Waals surface area (Å²) in [7, 11) is 0.